The summed E-state index contributed by atoms with van der Waals surface area (Å²) >= 11 is 0. The van der Waals surface area contributed by atoms with E-state index < -0.39 is 11.6 Å². The van der Waals surface area contributed by atoms with E-state index in [4.69, 9.17) is 14.7 Å². The van der Waals surface area contributed by atoms with Crippen LogP contribution < -0.4 is 4.90 Å². The van der Waals surface area contributed by atoms with E-state index in [1.54, 1.807) is 10.9 Å². The number of hydrogen-bond acceptors (Lipinski definition) is 6. The predicted molar refractivity (Wildman–Crippen MR) is 127 cm³/mol. The molecule has 0 unspecified atom stereocenters. The zero-order valence-electron chi connectivity index (χ0n) is 19.9. The van der Waals surface area contributed by atoms with Crippen LogP contribution in [0.4, 0.5) is 14.7 Å². The summed E-state index contributed by atoms with van der Waals surface area (Å²) in [6.45, 7) is 7.16. The van der Waals surface area contributed by atoms with Crippen molar-refractivity contribution in [2.75, 3.05) is 18.0 Å². The molecule has 10 heteroatoms. The van der Waals surface area contributed by atoms with Gasteiger partial charge in [0.05, 0.1) is 42.2 Å². The fraction of sp³-hybridized carbons (Fsp3) is 0.440. The normalized spacial score (nSPS) is 20.8. The van der Waals surface area contributed by atoms with Gasteiger partial charge in [0.1, 0.15) is 17.7 Å². The Hall–Kier alpha value is -3.40. The van der Waals surface area contributed by atoms with Crippen molar-refractivity contribution in [3.63, 3.8) is 0 Å². The highest BCUT2D eigenvalue weighted by molar-refractivity contribution is 5.91. The first-order valence-electron chi connectivity index (χ1n) is 12.0. The number of halogens is 2. The first-order chi connectivity index (χ1) is 16.9. The smallest absolute Gasteiger partial charge is 0.228 e. The summed E-state index contributed by atoms with van der Waals surface area (Å²) in [5, 5.41) is 9.62. The Balaban J connectivity index is 1.43. The van der Waals surface area contributed by atoms with Gasteiger partial charge in [0.25, 0.3) is 0 Å². The molecule has 1 aliphatic heterocycles. The molecule has 2 fully saturated rings. The number of fused-ring (bicyclic) bond motifs is 1. The molecule has 2 atom stereocenters. The first-order valence-corrected chi connectivity index (χ1v) is 12.0. The molecular formula is C25H27F2N7O. The number of rotatable bonds is 5. The number of nitrogens with zero attached hydrogens (tertiary/aromatic N) is 7. The molecule has 0 N–H and O–H groups in total. The SMILES string of the molecule is CC(C)n1ncc2c(-c3ccc(F)cc3F)nc(N3C[C@@H](C)O[C@@H](c4cnn(C5CC5)c4)C3)nc21. The summed E-state index contributed by atoms with van der Waals surface area (Å²) < 4.78 is 38.6. The average Bonchev–Trinajstić information content (AvgIpc) is 3.38. The molecule has 1 saturated heterocycles. The van der Waals surface area contributed by atoms with E-state index in [1.165, 1.54) is 12.1 Å². The van der Waals surface area contributed by atoms with Crippen molar-refractivity contribution in [2.24, 2.45) is 0 Å². The Morgan fingerprint density at radius 3 is 2.63 bits per heavy atom. The monoisotopic (exact) mass is 479 g/mol. The second-order valence-corrected chi connectivity index (χ2v) is 9.74. The number of anilines is 1. The number of ether oxygens (including phenoxy) is 1. The van der Waals surface area contributed by atoms with E-state index in [1.807, 2.05) is 31.6 Å². The van der Waals surface area contributed by atoms with Crippen molar-refractivity contribution < 1.29 is 13.5 Å². The van der Waals surface area contributed by atoms with Crippen molar-refractivity contribution in [3.05, 3.63) is 54.0 Å². The highest BCUT2D eigenvalue weighted by Crippen LogP contribution is 2.36. The Morgan fingerprint density at radius 2 is 1.89 bits per heavy atom. The molecule has 6 rings (SSSR count). The first kappa shape index (κ1) is 22.1. The third kappa shape index (κ3) is 4.05. The Morgan fingerprint density at radius 1 is 1.06 bits per heavy atom. The lowest BCUT2D eigenvalue weighted by Gasteiger charge is -2.36. The summed E-state index contributed by atoms with van der Waals surface area (Å²) in [5.74, 6) is -0.839. The maximum absolute atomic E-state index is 14.9. The number of morpholine rings is 1. The number of aromatic nitrogens is 6. The zero-order chi connectivity index (χ0) is 24.3. The summed E-state index contributed by atoms with van der Waals surface area (Å²) in [7, 11) is 0. The van der Waals surface area contributed by atoms with Gasteiger partial charge in [0, 0.05) is 36.0 Å². The molecule has 2 aliphatic rings. The third-order valence-electron chi connectivity index (χ3n) is 6.57. The minimum Gasteiger partial charge on any atom is -0.367 e. The topological polar surface area (TPSA) is 73.9 Å². The van der Waals surface area contributed by atoms with E-state index in [-0.39, 0.29) is 23.8 Å². The molecule has 35 heavy (non-hydrogen) atoms. The lowest BCUT2D eigenvalue weighted by Crippen LogP contribution is -2.43. The molecule has 3 aromatic heterocycles. The van der Waals surface area contributed by atoms with Gasteiger partial charge in [0.2, 0.25) is 5.95 Å². The maximum atomic E-state index is 14.9. The van der Waals surface area contributed by atoms with Crippen LogP contribution >= 0.6 is 0 Å². The molecule has 1 saturated carbocycles. The minimum absolute atomic E-state index is 0.0470. The van der Waals surface area contributed by atoms with Crippen molar-refractivity contribution in [1.82, 2.24) is 29.5 Å². The predicted octanol–water partition coefficient (Wildman–Crippen LogP) is 4.85. The quantitative estimate of drug-likeness (QED) is 0.407. The number of hydrogen-bond donors (Lipinski definition) is 0. The summed E-state index contributed by atoms with van der Waals surface area (Å²) in [6, 6.07) is 4.07. The van der Waals surface area contributed by atoms with Crippen LogP contribution in [0.3, 0.4) is 0 Å². The second-order valence-electron chi connectivity index (χ2n) is 9.74. The molecule has 1 aromatic carbocycles. The minimum atomic E-state index is -0.672. The molecule has 0 radical (unpaired) electrons. The molecule has 4 heterocycles. The Kier molecular flexibility index (Phi) is 5.28. The summed E-state index contributed by atoms with van der Waals surface area (Å²) in [5.41, 5.74) is 2.24. The molecule has 1 aliphatic carbocycles. The van der Waals surface area contributed by atoms with Crippen LogP contribution in [-0.4, -0.2) is 48.7 Å². The van der Waals surface area contributed by atoms with E-state index in [9.17, 15) is 8.78 Å². The van der Waals surface area contributed by atoms with Gasteiger partial charge in [-0.2, -0.15) is 15.2 Å². The lowest BCUT2D eigenvalue weighted by molar-refractivity contribution is -0.0178. The molecular weight excluding hydrogens is 452 g/mol. The average molecular weight is 480 g/mol. The van der Waals surface area contributed by atoms with E-state index in [0.29, 0.717) is 41.8 Å². The van der Waals surface area contributed by atoms with Gasteiger partial charge >= 0.3 is 0 Å². The van der Waals surface area contributed by atoms with Crippen molar-refractivity contribution in [1.29, 1.82) is 0 Å². The van der Waals surface area contributed by atoms with Crippen LogP contribution in [0.2, 0.25) is 0 Å². The van der Waals surface area contributed by atoms with E-state index in [0.717, 1.165) is 24.5 Å². The standard InChI is InChI=1S/C25H27F2N7O/c1-14(2)34-24-20(10-29-34)23(19-7-4-17(26)8-21(19)27)30-25(31-24)32-11-15(3)35-22(13-32)16-9-28-33(12-16)18-5-6-18/h4,7-10,12,14-15,18,22H,5-6,11,13H2,1-3H3/t15-,22-/m1/s1. The van der Waals surface area contributed by atoms with Gasteiger partial charge < -0.3 is 9.64 Å². The summed E-state index contributed by atoms with van der Waals surface area (Å²) in [6.07, 6.45) is 7.65. The maximum Gasteiger partial charge on any atom is 0.228 e. The molecule has 0 bridgehead atoms. The van der Waals surface area contributed by atoms with Crippen LogP contribution in [0.25, 0.3) is 22.3 Å². The Bertz CT molecular complexity index is 1390. The fourth-order valence-electron chi connectivity index (χ4n) is 4.68. The van der Waals surface area contributed by atoms with Crippen LogP contribution in [0.5, 0.6) is 0 Å². The van der Waals surface area contributed by atoms with Crippen molar-refractivity contribution in [2.45, 2.75) is 57.9 Å². The largest absolute Gasteiger partial charge is 0.367 e. The lowest BCUT2D eigenvalue weighted by atomic mass is 10.1. The van der Waals surface area contributed by atoms with Gasteiger partial charge in [-0.3, -0.25) is 4.68 Å². The van der Waals surface area contributed by atoms with Crippen LogP contribution in [0.15, 0.2) is 36.8 Å². The van der Waals surface area contributed by atoms with Gasteiger partial charge in [0.15, 0.2) is 5.65 Å². The zero-order valence-corrected chi connectivity index (χ0v) is 19.9. The van der Waals surface area contributed by atoms with Crippen LogP contribution in [0.1, 0.15) is 57.4 Å². The van der Waals surface area contributed by atoms with Crippen molar-refractivity contribution >= 4 is 17.0 Å². The molecule has 4 aromatic rings. The second kappa shape index (κ2) is 8.37. The molecule has 0 amide bonds. The van der Waals surface area contributed by atoms with Crippen molar-refractivity contribution in [3.8, 4) is 11.3 Å². The van der Waals surface area contributed by atoms with E-state index in [2.05, 4.69) is 21.3 Å². The number of benzene rings is 1. The summed E-state index contributed by atoms with van der Waals surface area (Å²) in [4.78, 5) is 11.7. The molecule has 182 valence electrons. The fourth-order valence-corrected chi connectivity index (χ4v) is 4.68. The molecule has 0 spiro atoms. The van der Waals surface area contributed by atoms with Gasteiger partial charge in [-0.05, 0) is 45.7 Å². The van der Waals surface area contributed by atoms with Gasteiger partial charge in [-0.1, -0.05) is 0 Å². The van der Waals surface area contributed by atoms with Crippen LogP contribution in [0, 0.1) is 11.6 Å². The highest BCUT2D eigenvalue weighted by atomic mass is 19.1. The van der Waals surface area contributed by atoms with Gasteiger partial charge in [-0.25, -0.2) is 18.4 Å². The molecule has 8 nitrogen and oxygen atoms in total. The van der Waals surface area contributed by atoms with E-state index >= 15 is 0 Å². The third-order valence-corrected chi connectivity index (χ3v) is 6.57. The highest BCUT2D eigenvalue weighted by Gasteiger charge is 2.32. The Labute approximate surface area is 201 Å². The van der Waals surface area contributed by atoms with Gasteiger partial charge in [-0.15, -0.1) is 0 Å². The van der Waals surface area contributed by atoms with Crippen LogP contribution in [-0.2, 0) is 4.74 Å².